The van der Waals surface area contributed by atoms with Crippen LogP contribution in [0, 0.1) is 5.21 Å². The van der Waals surface area contributed by atoms with E-state index in [4.69, 9.17) is 39.5 Å². The van der Waals surface area contributed by atoms with Crippen LogP contribution in [-0.4, -0.2) is 61.9 Å². The van der Waals surface area contributed by atoms with E-state index in [0.29, 0.717) is 29.0 Å². The number of unbranched alkanes of at least 4 members (excludes halogenated alkanes) is 3. The van der Waals surface area contributed by atoms with Crippen molar-refractivity contribution in [1.82, 2.24) is 19.7 Å². The van der Waals surface area contributed by atoms with E-state index >= 15 is 0 Å². The fourth-order valence-electron chi connectivity index (χ4n) is 3.51. The average Bonchev–Trinajstić information content (AvgIpc) is 3.37. The van der Waals surface area contributed by atoms with E-state index in [0.717, 1.165) is 19.3 Å². The lowest BCUT2D eigenvalue weighted by molar-refractivity contribution is 0.0553. The zero-order valence-corrected chi connectivity index (χ0v) is 23.0. The van der Waals surface area contributed by atoms with E-state index < -0.39 is 30.6 Å². The highest BCUT2D eigenvalue weighted by Gasteiger charge is 2.46. The Labute approximate surface area is 223 Å². The normalized spacial score (nSPS) is 21.3. The second kappa shape index (κ2) is 11.4. The number of carbonyl (C=O) groups excluding carboxylic acids is 1. The molecule has 1 aromatic carbocycles. The standard InChI is InChI=1S/C20H26Cl3N5O5S2/c1-3-4-5-6-11-35(31,32)19-26-25-17(34-19)28(30)13-27(2)12-16(28)33-18(29)24-15-9-7-14(8-10-15)20(21,22)23/h7-10,16H,3-6,11-13H2,1-2H3,(H,24,29). The van der Waals surface area contributed by atoms with E-state index in [1.165, 1.54) is 24.3 Å². The summed E-state index contributed by atoms with van der Waals surface area (Å²) < 4.78 is 27.7. The number of halogens is 3. The van der Waals surface area contributed by atoms with Crippen molar-refractivity contribution in [2.45, 2.75) is 47.0 Å². The molecule has 0 spiro atoms. The van der Waals surface area contributed by atoms with Gasteiger partial charge >= 0.3 is 11.2 Å². The van der Waals surface area contributed by atoms with Crippen LogP contribution in [0.25, 0.3) is 0 Å². The van der Waals surface area contributed by atoms with Crippen molar-refractivity contribution < 1.29 is 17.9 Å². The summed E-state index contributed by atoms with van der Waals surface area (Å²) in [5.74, 6) is -0.0558. The van der Waals surface area contributed by atoms with Crippen molar-refractivity contribution in [1.29, 1.82) is 0 Å². The molecule has 2 heterocycles. The van der Waals surface area contributed by atoms with Crippen LogP contribution in [0.4, 0.5) is 15.6 Å². The molecule has 1 saturated heterocycles. The van der Waals surface area contributed by atoms with Gasteiger partial charge in [-0.1, -0.05) is 78.2 Å². The number of hydrogen-bond donors (Lipinski definition) is 1. The van der Waals surface area contributed by atoms with Gasteiger partial charge in [-0.2, -0.15) is 0 Å². The number of hydrogen-bond acceptors (Lipinski definition) is 9. The molecular formula is C20H26Cl3N5O5S2. The van der Waals surface area contributed by atoms with Crippen LogP contribution in [0.3, 0.4) is 0 Å². The molecule has 3 rings (SSSR count). The van der Waals surface area contributed by atoms with Gasteiger partial charge in [0.15, 0.2) is 0 Å². The average molecular weight is 587 g/mol. The molecular weight excluding hydrogens is 561 g/mol. The minimum Gasteiger partial charge on any atom is -0.622 e. The third-order valence-electron chi connectivity index (χ3n) is 5.34. The molecule has 0 bridgehead atoms. The van der Waals surface area contributed by atoms with Crippen molar-refractivity contribution in [3.63, 3.8) is 0 Å². The highest BCUT2D eigenvalue weighted by molar-refractivity contribution is 7.93. The van der Waals surface area contributed by atoms with Crippen molar-refractivity contribution in [2.24, 2.45) is 0 Å². The van der Waals surface area contributed by atoms with Crippen LogP contribution in [-0.2, 0) is 18.4 Å². The number of hydroxylamine groups is 2. The van der Waals surface area contributed by atoms with Gasteiger partial charge in [0.1, 0.15) is 6.67 Å². The van der Waals surface area contributed by atoms with E-state index in [-0.39, 0.29) is 28.4 Å². The fourth-order valence-corrected chi connectivity index (χ4v) is 6.45. The van der Waals surface area contributed by atoms with E-state index in [2.05, 4.69) is 15.5 Å². The molecule has 35 heavy (non-hydrogen) atoms. The number of quaternary nitrogens is 1. The summed E-state index contributed by atoms with van der Waals surface area (Å²) in [4.78, 5) is 14.2. The Bertz CT molecular complexity index is 1130. The Morgan fingerprint density at radius 3 is 2.57 bits per heavy atom. The van der Waals surface area contributed by atoms with Gasteiger partial charge in [-0.25, -0.2) is 18.1 Å². The molecule has 1 aliphatic rings. The van der Waals surface area contributed by atoms with Gasteiger partial charge in [0.25, 0.3) is 6.23 Å². The minimum absolute atomic E-state index is 0.0558. The van der Waals surface area contributed by atoms with Gasteiger partial charge in [-0.05, 0) is 36.9 Å². The number of rotatable bonds is 9. The Morgan fingerprint density at radius 1 is 1.26 bits per heavy atom. The number of nitrogens with one attached hydrogen (secondary N) is 1. The first kappa shape index (κ1) is 28.3. The molecule has 1 fully saturated rings. The second-order valence-corrected chi connectivity index (χ2v) is 13.8. The number of anilines is 1. The van der Waals surface area contributed by atoms with Crippen LogP contribution in [0.1, 0.15) is 38.2 Å². The van der Waals surface area contributed by atoms with Crippen LogP contribution in [0.5, 0.6) is 0 Å². The van der Waals surface area contributed by atoms with Gasteiger partial charge in [0, 0.05) is 11.3 Å². The first-order valence-corrected chi connectivity index (χ1v) is 14.4. The van der Waals surface area contributed by atoms with Gasteiger partial charge in [-0.3, -0.25) is 9.96 Å². The van der Waals surface area contributed by atoms with Crippen molar-refractivity contribution >= 4 is 72.9 Å². The van der Waals surface area contributed by atoms with Gasteiger partial charge in [-0.15, -0.1) is 5.10 Å². The number of benzene rings is 1. The zero-order chi connectivity index (χ0) is 25.9. The predicted octanol–water partition coefficient (Wildman–Crippen LogP) is 5.00. The molecule has 1 N–H and O–H groups in total. The zero-order valence-electron chi connectivity index (χ0n) is 19.1. The first-order chi connectivity index (χ1) is 16.3. The third-order valence-corrected chi connectivity index (χ3v) is 9.27. The number of alkyl halides is 3. The molecule has 1 aliphatic heterocycles. The lowest BCUT2D eigenvalue weighted by Crippen LogP contribution is -2.51. The number of likely N-dealkylation sites (N-methyl/N-ethyl adjacent to an activating group) is 1. The lowest BCUT2D eigenvalue weighted by atomic mass is 10.2. The molecule has 0 saturated carbocycles. The Kier molecular flexibility index (Phi) is 9.25. The molecule has 0 radical (unpaired) electrons. The van der Waals surface area contributed by atoms with Crippen molar-refractivity contribution in [3.05, 3.63) is 35.0 Å². The number of sulfone groups is 1. The first-order valence-electron chi connectivity index (χ1n) is 10.8. The lowest BCUT2D eigenvalue weighted by Gasteiger charge is -2.38. The van der Waals surface area contributed by atoms with E-state index in [1.807, 2.05) is 6.92 Å². The third kappa shape index (κ3) is 7.16. The predicted molar refractivity (Wildman–Crippen MR) is 138 cm³/mol. The number of carbonyl (C=O) groups is 1. The fraction of sp³-hybridized carbons (Fsp3) is 0.550. The summed E-state index contributed by atoms with van der Waals surface area (Å²) in [5.41, 5.74) is 0.789. The van der Waals surface area contributed by atoms with Gasteiger partial charge < -0.3 is 9.94 Å². The highest BCUT2D eigenvalue weighted by Crippen LogP contribution is 2.38. The molecule has 2 aromatic rings. The maximum atomic E-state index is 13.7. The Hall–Kier alpha value is -1.25. The monoisotopic (exact) mass is 585 g/mol. The number of aromatic nitrogens is 2. The van der Waals surface area contributed by atoms with Gasteiger partial charge in [0.2, 0.25) is 18.0 Å². The SMILES string of the molecule is CCCCCCS(=O)(=O)c1nnc([N+]2([O-])CN(C)CC2OC(=O)Nc2ccc(C(Cl)(Cl)Cl)cc2)s1. The van der Waals surface area contributed by atoms with Crippen molar-refractivity contribution in [2.75, 3.05) is 31.3 Å². The largest absolute Gasteiger partial charge is 0.622 e. The van der Waals surface area contributed by atoms with E-state index in [9.17, 15) is 18.4 Å². The van der Waals surface area contributed by atoms with Crippen LogP contribution < -0.4 is 9.96 Å². The maximum Gasteiger partial charge on any atom is 0.416 e. The molecule has 10 nitrogen and oxygen atoms in total. The second-order valence-electron chi connectivity index (χ2n) is 8.27. The van der Waals surface area contributed by atoms with Gasteiger partial charge in [0.05, 0.1) is 12.3 Å². The van der Waals surface area contributed by atoms with E-state index in [1.54, 1.807) is 11.9 Å². The van der Waals surface area contributed by atoms with Crippen LogP contribution in [0.15, 0.2) is 28.6 Å². The summed E-state index contributed by atoms with van der Waals surface area (Å²) in [5, 5.41) is 23.8. The molecule has 0 aliphatic carbocycles. The number of ether oxygens (including phenoxy) is 1. The molecule has 1 amide bonds. The van der Waals surface area contributed by atoms with Crippen LogP contribution in [0.2, 0.25) is 0 Å². The Balaban J connectivity index is 1.69. The summed E-state index contributed by atoms with van der Waals surface area (Å²) in [7, 11) is -1.96. The summed E-state index contributed by atoms with van der Waals surface area (Å²) in [6.07, 6.45) is 1.21. The highest BCUT2D eigenvalue weighted by atomic mass is 35.6. The van der Waals surface area contributed by atoms with Crippen molar-refractivity contribution in [3.8, 4) is 0 Å². The number of nitrogens with zero attached hydrogens (tertiary/aromatic N) is 4. The molecule has 194 valence electrons. The summed E-state index contributed by atoms with van der Waals surface area (Å²) in [6.45, 7) is 2.08. The molecule has 15 heteroatoms. The topological polar surface area (TPSA) is 125 Å². The molecule has 2 unspecified atom stereocenters. The number of amides is 1. The maximum absolute atomic E-state index is 13.7. The quantitative estimate of drug-likeness (QED) is 0.188. The molecule has 2 atom stereocenters. The minimum atomic E-state index is -3.65. The summed E-state index contributed by atoms with van der Waals surface area (Å²) in [6, 6.07) is 6.12. The Morgan fingerprint density at radius 2 is 1.94 bits per heavy atom. The molecule has 1 aromatic heterocycles. The summed E-state index contributed by atoms with van der Waals surface area (Å²) >= 11 is 18.2. The van der Waals surface area contributed by atoms with Crippen LogP contribution >= 0.6 is 46.1 Å². The smallest absolute Gasteiger partial charge is 0.416 e.